The fourth-order valence-electron chi connectivity index (χ4n) is 12.2. The molecule has 0 radical (unpaired) electrons. The van der Waals surface area contributed by atoms with E-state index in [0.29, 0.717) is 0 Å². The summed E-state index contributed by atoms with van der Waals surface area (Å²) in [5.41, 5.74) is 24.5. The van der Waals surface area contributed by atoms with Crippen molar-refractivity contribution in [2.45, 2.75) is 24.7 Å². The van der Waals surface area contributed by atoms with Gasteiger partial charge in [0.25, 0.3) is 0 Å². The van der Waals surface area contributed by atoms with Gasteiger partial charge >= 0.3 is 0 Å². The van der Waals surface area contributed by atoms with Gasteiger partial charge in [-0.15, -0.1) is 0 Å². The molecule has 0 bridgehead atoms. The van der Waals surface area contributed by atoms with Crippen molar-refractivity contribution >= 4 is 39.0 Å². The van der Waals surface area contributed by atoms with Gasteiger partial charge in [0.05, 0.1) is 16.8 Å². The number of nitrogens with zero attached hydrogens (tertiary/aromatic N) is 1. The summed E-state index contributed by atoms with van der Waals surface area (Å²) in [5, 5.41) is 2.18. The van der Waals surface area contributed by atoms with Crippen molar-refractivity contribution in [3.8, 4) is 55.6 Å². The Morgan fingerprint density at radius 1 is 0.348 bits per heavy atom. The number of benzene rings is 10. The molecule has 2 heteroatoms. The van der Waals surface area contributed by atoms with E-state index < -0.39 is 5.41 Å². The van der Waals surface area contributed by atoms with E-state index in [-0.39, 0.29) is 5.41 Å². The molecule has 3 aliphatic rings. The Morgan fingerprint density at radius 2 is 0.879 bits per heavy atom. The first-order valence-corrected chi connectivity index (χ1v) is 23.1. The number of fused-ring (bicyclic) bond motifs is 16. The molecule has 11 aromatic rings. The lowest BCUT2D eigenvalue weighted by Gasteiger charge is -2.32. The van der Waals surface area contributed by atoms with Crippen molar-refractivity contribution in [3.63, 3.8) is 0 Å². The van der Waals surface area contributed by atoms with Gasteiger partial charge in [-0.25, -0.2) is 0 Å². The molecule has 0 saturated carbocycles. The number of anilines is 3. The molecule has 0 N–H and O–H groups in total. The summed E-state index contributed by atoms with van der Waals surface area (Å²) in [5.74, 6) is 0. The summed E-state index contributed by atoms with van der Waals surface area (Å²) < 4.78 is 7.21. The van der Waals surface area contributed by atoms with E-state index in [1.54, 1.807) is 0 Å². The molecule has 0 aliphatic heterocycles. The summed E-state index contributed by atoms with van der Waals surface area (Å²) in [4.78, 5) is 2.52. The Kier molecular flexibility index (Phi) is 7.70. The molecule has 0 atom stereocenters. The highest BCUT2D eigenvalue weighted by atomic mass is 16.3. The van der Waals surface area contributed by atoms with E-state index >= 15 is 0 Å². The summed E-state index contributed by atoms with van der Waals surface area (Å²) >= 11 is 0. The van der Waals surface area contributed by atoms with Gasteiger partial charge in [0.15, 0.2) is 5.58 Å². The van der Waals surface area contributed by atoms with E-state index in [0.717, 1.165) is 55.7 Å². The van der Waals surface area contributed by atoms with Crippen LogP contribution in [0.2, 0.25) is 0 Å². The summed E-state index contributed by atoms with van der Waals surface area (Å²) in [7, 11) is 0. The highest BCUT2D eigenvalue weighted by molar-refractivity contribution is 6.14. The van der Waals surface area contributed by atoms with Crippen LogP contribution in [0.1, 0.15) is 47.2 Å². The lowest BCUT2D eigenvalue weighted by Crippen LogP contribution is -2.26. The first kappa shape index (κ1) is 37.2. The first-order valence-electron chi connectivity index (χ1n) is 23.1. The van der Waals surface area contributed by atoms with Crippen LogP contribution in [-0.2, 0) is 10.8 Å². The van der Waals surface area contributed by atoms with Gasteiger partial charge in [-0.2, -0.15) is 0 Å². The highest BCUT2D eigenvalue weighted by Gasteiger charge is 2.52. The van der Waals surface area contributed by atoms with Crippen LogP contribution in [0.25, 0.3) is 77.6 Å². The minimum Gasteiger partial charge on any atom is -0.454 e. The number of furan rings is 1. The Morgan fingerprint density at radius 3 is 1.56 bits per heavy atom. The molecule has 3 aliphatic carbocycles. The second kappa shape index (κ2) is 13.7. The molecule has 14 rings (SSSR count). The minimum absolute atomic E-state index is 0.200. The third kappa shape index (κ3) is 4.96. The van der Waals surface area contributed by atoms with E-state index in [1.807, 2.05) is 0 Å². The molecule has 2 nitrogen and oxygen atoms in total. The quantitative estimate of drug-likeness (QED) is 0.172. The topological polar surface area (TPSA) is 16.4 Å². The number of hydrogen-bond donors (Lipinski definition) is 0. The fraction of sp³-hybridized carbons (Fsp3) is 0.0625. The molecule has 0 unspecified atom stereocenters. The third-order valence-electron chi connectivity index (χ3n) is 15.1. The van der Waals surface area contributed by atoms with Crippen molar-refractivity contribution in [1.82, 2.24) is 0 Å². The number of hydrogen-bond acceptors (Lipinski definition) is 2. The maximum atomic E-state index is 7.21. The Hall–Kier alpha value is -8.20. The van der Waals surface area contributed by atoms with Gasteiger partial charge in [-0.1, -0.05) is 196 Å². The Balaban J connectivity index is 1.10. The third-order valence-corrected chi connectivity index (χ3v) is 15.1. The first-order chi connectivity index (χ1) is 32.5. The normalized spacial score (nSPS) is 14.2. The van der Waals surface area contributed by atoms with E-state index in [1.165, 1.54) is 72.3 Å². The molecule has 1 aromatic heterocycles. The van der Waals surface area contributed by atoms with Crippen LogP contribution in [-0.4, -0.2) is 0 Å². The molecule has 66 heavy (non-hydrogen) atoms. The van der Waals surface area contributed by atoms with Crippen molar-refractivity contribution in [2.24, 2.45) is 0 Å². The molecule has 1 spiro atoms. The molecule has 310 valence electrons. The summed E-state index contributed by atoms with van der Waals surface area (Å²) in [6.45, 7) is 4.75. The number of rotatable bonds is 5. The average molecular weight is 842 g/mol. The molecule has 0 fully saturated rings. The summed E-state index contributed by atoms with van der Waals surface area (Å²) in [6, 6.07) is 83.2. The van der Waals surface area contributed by atoms with Crippen molar-refractivity contribution in [2.75, 3.05) is 4.90 Å². The van der Waals surface area contributed by atoms with Crippen LogP contribution in [0, 0.1) is 0 Å². The molecule has 0 amide bonds. The lowest BCUT2D eigenvalue weighted by molar-refractivity contribution is 0.660. The van der Waals surface area contributed by atoms with Crippen LogP contribution in [0.15, 0.2) is 229 Å². The van der Waals surface area contributed by atoms with E-state index in [2.05, 4.69) is 243 Å². The SMILES string of the molecule is CC1(C)c2ccccc2-c2ccc(N(c3cccc4c3-c3ccccc3C43c4ccccc4-c4ccccc43)c3cc(-c4ccccc4)cc4c3oc3ccc(-c5ccccc5)cc34)cc21. The monoisotopic (exact) mass is 841 g/mol. The minimum atomic E-state index is -0.489. The highest BCUT2D eigenvalue weighted by Crippen LogP contribution is 2.65. The fourth-order valence-corrected chi connectivity index (χ4v) is 12.2. The molecule has 0 saturated heterocycles. The second-order valence-electron chi connectivity index (χ2n) is 18.7. The van der Waals surface area contributed by atoms with Crippen LogP contribution in [0.3, 0.4) is 0 Å². The van der Waals surface area contributed by atoms with Crippen molar-refractivity contribution < 1.29 is 4.42 Å². The lowest BCUT2D eigenvalue weighted by atomic mass is 9.70. The predicted octanol–water partition coefficient (Wildman–Crippen LogP) is 17.0. The van der Waals surface area contributed by atoms with Crippen LogP contribution in [0.4, 0.5) is 17.1 Å². The standard InChI is InChI=1S/C64H43NO/c1-63(2)52-26-13-9-22-45(52)48-34-33-44(39-57(48)63)65(59-38-43(41-20-7-4-8-21-41)37-51-50-36-42(40-18-5-3-6-19-40)32-35-60(50)66-62(51)59)58-31-17-30-56-61(58)49-25-12-16-29-55(49)64(56)53-27-14-10-23-46(53)47-24-11-15-28-54(47)64/h3-39H,1-2H3. The van der Waals surface area contributed by atoms with Crippen LogP contribution in [0.5, 0.6) is 0 Å². The maximum absolute atomic E-state index is 7.21. The zero-order valence-corrected chi connectivity index (χ0v) is 36.7. The van der Waals surface area contributed by atoms with Crippen LogP contribution < -0.4 is 4.90 Å². The van der Waals surface area contributed by atoms with Crippen LogP contribution >= 0.6 is 0 Å². The smallest absolute Gasteiger partial charge is 0.159 e. The average Bonchev–Trinajstić information content (AvgIpc) is 4.07. The van der Waals surface area contributed by atoms with Gasteiger partial charge in [0.2, 0.25) is 0 Å². The summed E-state index contributed by atoms with van der Waals surface area (Å²) in [6.07, 6.45) is 0. The molecule has 1 heterocycles. The van der Waals surface area contributed by atoms with E-state index in [9.17, 15) is 0 Å². The Bertz CT molecular complexity index is 3750. The van der Waals surface area contributed by atoms with Crippen molar-refractivity contribution in [3.05, 3.63) is 258 Å². The van der Waals surface area contributed by atoms with Gasteiger partial charge in [-0.3, -0.25) is 0 Å². The predicted molar refractivity (Wildman–Crippen MR) is 273 cm³/mol. The second-order valence-corrected chi connectivity index (χ2v) is 18.7. The Labute approximate surface area is 384 Å². The van der Waals surface area contributed by atoms with Gasteiger partial charge in [0, 0.05) is 27.4 Å². The molecule has 10 aromatic carbocycles. The zero-order valence-electron chi connectivity index (χ0n) is 36.7. The van der Waals surface area contributed by atoms with E-state index in [4.69, 9.17) is 4.42 Å². The zero-order chi connectivity index (χ0) is 43.7. The van der Waals surface area contributed by atoms with Crippen molar-refractivity contribution in [1.29, 1.82) is 0 Å². The van der Waals surface area contributed by atoms with Gasteiger partial charge < -0.3 is 9.32 Å². The molecular formula is C64H43NO. The largest absolute Gasteiger partial charge is 0.454 e. The molecular weight excluding hydrogens is 799 g/mol. The van der Waals surface area contributed by atoms with Gasteiger partial charge in [-0.05, 0) is 126 Å². The maximum Gasteiger partial charge on any atom is 0.159 e. The van der Waals surface area contributed by atoms with Gasteiger partial charge in [0.1, 0.15) is 5.58 Å².